The van der Waals surface area contributed by atoms with Gasteiger partial charge in [-0.2, -0.15) is 0 Å². The molecule has 2 unspecified atom stereocenters. The molecule has 1 aromatic rings. The molecule has 14 heavy (non-hydrogen) atoms. The van der Waals surface area contributed by atoms with Crippen molar-refractivity contribution in [3.8, 4) is 0 Å². The quantitative estimate of drug-likeness (QED) is 0.674. The highest BCUT2D eigenvalue weighted by Crippen LogP contribution is 2.51. The smallest absolute Gasteiger partial charge is 0.0224 e. The van der Waals surface area contributed by atoms with Crippen LogP contribution in [0.15, 0.2) is 30.3 Å². The van der Waals surface area contributed by atoms with Crippen LogP contribution in [-0.2, 0) is 6.42 Å². The van der Waals surface area contributed by atoms with Gasteiger partial charge >= 0.3 is 0 Å². The summed E-state index contributed by atoms with van der Waals surface area (Å²) in [6.07, 6.45) is 2.66. The van der Waals surface area contributed by atoms with E-state index in [0.717, 1.165) is 11.8 Å². The molecule has 1 aliphatic rings. The predicted molar refractivity (Wildman–Crippen MR) is 61.2 cm³/mol. The Bertz CT molecular complexity index is 297. The third kappa shape index (κ3) is 2.00. The summed E-state index contributed by atoms with van der Waals surface area (Å²) in [6, 6.07) is 10.9. The molecule has 1 saturated carbocycles. The van der Waals surface area contributed by atoms with E-state index in [1.54, 1.807) is 0 Å². The van der Waals surface area contributed by atoms with Gasteiger partial charge in [0.25, 0.3) is 0 Å². The number of hydrogen-bond acceptors (Lipinski definition) is 0. The van der Waals surface area contributed by atoms with Crippen molar-refractivity contribution in [2.24, 2.45) is 17.3 Å². The van der Waals surface area contributed by atoms with Gasteiger partial charge in [-0.25, -0.2) is 0 Å². The summed E-state index contributed by atoms with van der Waals surface area (Å²) >= 11 is 0. The van der Waals surface area contributed by atoms with Crippen LogP contribution in [-0.4, -0.2) is 0 Å². The van der Waals surface area contributed by atoms with Crippen LogP contribution in [0.5, 0.6) is 0 Å². The van der Waals surface area contributed by atoms with Crippen molar-refractivity contribution >= 4 is 0 Å². The molecule has 76 valence electrons. The van der Waals surface area contributed by atoms with Gasteiger partial charge in [-0.15, -0.1) is 0 Å². The molecule has 0 heterocycles. The zero-order valence-electron chi connectivity index (χ0n) is 9.46. The van der Waals surface area contributed by atoms with Gasteiger partial charge in [0.05, 0.1) is 0 Å². The summed E-state index contributed by atoms with van der Waals surface area (Å²) in [5.41, 5.74) is 1.97. The summed E-state index contributed by atoms with van der Waals surface area (Å²) < 4.78 is 0. The lowest BCUT2D eigenvalue weighted by Gasteiger charge is -2.25. The molecule has 0 heteroatoms. The maximum absolute atomic E-state index is 2.41. The van der Waals surface area contributed by atoms with E-state index in [-0.39, 0.29) is 0 Å². The largest absolute Gasteiger partial charge is 0.0622 e. The van der Waals surface area contributed by atoms with Gasteiger partial charge in [0.15, 0.2) is 0 Å². The molecule has 2 rings (SSSR count). The van der Waals surface area contributed by atoms with Crippen LogP contribution >= 0.6 is 0 Å². The van der Waals surface area contributed by atoms with E-state index >= 15 is 0 Å². The first-order chi connectivity index (χ1) is 6.59. The highest BCUT2D eigenvalue weighted by atomic mass is 14.5. The number of benzene rings is 1. The minimum absolute atomic E-state index is 0.487. The molecule has 0 aliphatic heterocycles. The molecule has 1 aliphatic carbocycles. The van der Waals surface area contributed by atoms with E-state index in [9.17, 15) is 0 Å². The average Bonchev–Trinajstić information content (AvgIpc) is 2.84. The van der Waals surface area contributed by atoms with Crippen molar-refractivity contribution in [2.45, 2.75) is 33.6 Å². The highest BCUT2D eigenvalue weighted by molar-refractivity contribution is 5.17. The van der Waals surface area contributed by atoms with Crippen LogP contribution in [0.25, 0.3) is 0 Å². The first-order valence-electron chi connectivity index (χ1n) is 5.63. The SMILES string of the molecule is CC1CC1C(C)(C)Cc1ccccc1. The van der Waals surface area contributed by atoms with E-state index in [0.29, 0.717) is 5.41 Å². The minimum Gasteiger partial charge on any atom is -0.0622 e. The molecule has 2 atom stereocenters. The highest BCUT2D eigenvalue weighted by Gasteiger charge is 2.44. The van der Waals surface area contributed by atoms with Crippen molar-refractivity contribution in [1.29, 1.82) is 0 Å². The monoisotopic (exact) mass is 188 g/mol. The second-order valence-corrected chi connectivity index (χ2v) is 5.47. The van der Waals surface area contributed by atoms with Crippen LogP contribution in [0.4, 0.5) is 0 Å². The zero-order chi connectivity index (χ0) is 10.2. The molecule has 0 nitrogen and oxygen atoms in total. The molecule has 1 fully saturated rings. The molecule has 0 amide bonds. The Labute approximate surface area is 87.3 Å². The fourth-order valence-corrected chi connectivity index (χ4v) is 2.66. The fraction of sp³-hybridized carbons (Fsp3) is 0.571. The van der Waals surface area contributed by atoms with Gasteiger partial charge < -0.3 is 0 Å². The van der Waals surface area contributed by atoms with Crippen molar-refractivity contribution in [3.63, 3.8) is 0 Å². The molecule has 0 aromatic heterocycles. The van der Waals surface area contributed by atoms with Crippen LogP contribution < -0.4 is 0 Å². The summed E-state index contributed by atoms with van der Waals surface area (Å²) in [5, 5.41) is 0. The molecule has 0 radical (unpaired) electrons. The second-order valence-electron chi connectivity index (χ2n) is 5.47. The molecule has 0 bridgehead atoms. The topological polar surface area (TPSA) is 0 Å². The van der Waals surface area contributed by atoms with Crippen LogP contribution in [0.3, 0.4) is 0 Å². The van der Waals surface area contributed by atoms with E-state index in [4.69, 9.17) is 0 Å². The molecular weight excluding hydrogens is 168 g/mol. The Morgan fingerprint density at radius 1 is 1.21 bits per heavy atom. The number of rotatable bonds is 3. The number of hydrogen-bond donors (Lipinski definition) is 0. The van der Waals surface area contributed by atoms with Gasteiger partial charge in [0.2, 0.25) is 0 Å². The Kier molecular flexibility index (Phi) is 2.38. The van der Waals surface area contributed by atoms with E-state index in [2.05, 4.69) is 51.1 Å². The van der Waals surface area contributed by atoms with Crippen molar-refractivity contribution in [2.75, 3.05) is 0 Å². The molecule has 1 aromatic carbocycles. The van der Waals surface area contributed by atoms with Crippen LogP contribution in [0, 0.1) is 17.3 Å². The van der Waals surface area contributed by atoms with Gasteiger partial charge in [0.1, 0.15) is 0 Å². The first-order valence-corrected chi connectivity index (χ1v) is 5.63. The van der Waals surface area contributed by atoms with Gasteiger partial charge in [-0.3, -0.25) is 0 Å². The van der Waals surface area contributed by atoms with Crippen molar-refractivity contribution in [3.05, 3.63) is 35.9 Å². The predicted octanol–water partition coefficient (Wildman–Crippen LogP) is 3.91. The normalized spacial score (nSPS) is 26.2. The third-order valence-corrected chi connectivity index (χ3v) is 3.62. The molecular formula is C14H20. The standard InChI is InChI=1S/C14H20/c1-11-9-13(11)14(2,3)10-12-7-5-4-6-8-12/h4-8,11,13H,9-10H2,1-3H3. The average molecular weight is 188 g/mol. The minimum atomic E-state index is 0.487. The van der Waals surface area contributed by atoms with E-state index in [1.165, 1.54) is 18.4 Å². The molecule has 0 N–H and O–H groups in total. The summed E-state index contributed by atoms with van der Waals surface area (Å²) in [6.45, 7) is 7.19. The lowest BCUT2D eigenvalue weighted by Crippen LogP contribution is -2.18. The van der Waals surface area contributed by atoms with E-state index < -0.39 is 0 Å². The second kappa shape index (κ2) is 3.42. The lowest BCUT2D eigenvalue weighted by atomic mass is 9.80. The van der Waals surface area contributed by atoms with Crippen molar-refractivity contribution in [1.82, 2.24) is 0 Å². The van der Waals surface area contributed by atoms with Gasteiger partial charge in [-0.05, 0) is 35.7 Å². The summed E-state index contributed by atoms with van der Waals surface area (Å²) in [4.78, 5) is 0. The summed E-state index contributed by atoms with van der Waals surface area (Å²) in [5.74, 6) is 1.90. The van der Waals surface area contributed by atoms with Crippen LogP contribution in [0.2, 0.25) is 0 Å². The molecule has 0 spiro atoms. The zero-order valence-corrected chi connectivity index (χ0v) is 9.46. The maximum Gasteiger partial charge on any atom is -0.0224 e. The Morgan fingerprint density at radius 3 is 2.29 bits per heavy atom. The summed E-state index contributed by atoms with van der Waals surface area (Å²) in [7, 11) is 0. The van der Waals surface area contributed by atoms with Crippen molar-refractivity contribution < 1.29 is 0 Å². The van der Waals surface area contributed by atoms with Gasteiger partial charge in [-0.1, -0.05) is 51.1 Å². The fourth-order valence-electron chi connectivity index (χ4n) is 2.66. The lowest BCUT2D eigenvalue weighted by molar-refractivity contribution is 0.293. The van der Waals surface area contributed by atoms with E-state index in [1.807, 2.05) is 0 Å². The van der Waals surface area contributed by atoms with Gasteiger partial charge in [0, 0.05) is 0 Å². The molecule has 0 saturated heterocycles. The first kappa shape index (κ1) is 9.76. The Morgan fingerprint density at radius 2 is 1.79 bits per heavy atom. The van der Waals surface area contributed by atoms with Crippen LogP contribution in [0.1, 0.15) is 32.8 Å². The Balaban J connectivity index is 2.03. The third-order valence-electron chi connectivity index (χ3n) is 3.62. The maximum atomic E-state index is 2.41. The Hall–Kier alpha value is -0.780.